The molecule has 0 unspecified atom stereocenters. The molecule has 1 amide bonds. The molecule has 2 aromatic heterocycles. The maximum absolute atomic E-state index is 12.2. The van der Waals surface area contributed by atoms with Gasteiger partial charge in [-0.05, 0) is 44.2 Å². The number of nitrogens with one attached hydrogen (secondary N) is 2. The van der Waals surface area contributed by atoms with E-state index in [1.165, 1.54) is 0 Å². The molecule has 0 atom stereocenters. The van der Waals surface area contributed by atoms with Crippen molar-refractivity contribution >= 4 is 11.6 Å². The largest absolute Gasteiger partial charge is 0.493 e. The molecular weight excluding hydrogens is 320 g/mol. The fourth-order valence-corrected chi connectivity index (χ4v) is 2.27. The van der Waals surface area contributed by atoms with E-state index >= 15 is 0 Å². The van der Waals surface area contributed by atoms with Crippen LogP contribution in [0, 0.1) is 0 Å². The monoisotopic (exact) mass is 338 g/mol. The minimum absolute atomic E-state index is 0.303. The van der Waals surface area contributed by atoms with Crippen LogP contribution in [0.3, 0.4) is 0 Å². The smallest absolute Gasteiger partial charge is 0.289 e. The summed E-state index contributed by atoms with van der Waals surface area (Å²) >= 11 is 0. The lowest BCUT2D eigenvalue weighted by Crippen LogP contribution is -2.19. The van der Waals surface area contributed by atoms with Crippen LogP contribution in [0.2, 0.25) is 0 Å². The topological polar surface area (TPSA) is 92.5 Å². The number of H-pyrrole nitrogens is 1. The molecule has 2 heterocycles. The number of furan rings is 1. The van der Waals surface area contributed by atoms with Crippen LogP contribution in [-0.2, 0) is 0 Å². The Morgan fingerprint density at radius 3 is 2.92 bits per heavy atom. The molecule has 2 N–H and O–H groups in total. The lowest BCUT2D eigenvalue weighted by Gasteiger charge is -2.07. The van der Waals surface area contributed by atoms with Gasteiger partial charge in [-0.25, -0.2) is 5.43 Å². The molecule has 0 fully saturated rings. The average Bonchev–Trinajstić information content (AvgIpc) is 3.32. The highest BCUT2D eigenvalue weighted by molar-refractivity contribution is 5.98. The van der Waals surface area contributed by atoms with Gasteiger partial charge in [0.15, 0.2) is 0 Å². The fraction of sp³-hybridized carbons (Fsp3) is 0.167. The van der Waals surface area contributed by atoms with Crippen LogP contribution in [0.15, 0.2) is 58.2 Å². The number of amides is 1. The number of nitrogens with zero attached hydrogens (tertiary/aromatic N) is 2. The Labute approximate surface area is 144 Å². The number of hydrogen-bond acceptors (Lipinski definition) is 5. The van der Waals surface area contributed by atoms with E-state index in [0.717, 1.165) is 11.3 Å². The highest BCUT2D eigenvalue weighted by atomic mass is 16.5. The molecule has 0 saturated heterocycles. The Morgan fingerprint density at radius 2 is 2.16 bits per heavy atom. The molecule has 3 aromatic rings. The summed E-state index contributed by atoms with van der Waals surface area (Å²) in [6.45, 7) is 4.21. The zero-order chi connectivity index (χ0) is 17.6. The second kappa shape index (κ2) is 7.48. The number of aromatic nitrogens is 2. The summed E-state index contributed by atoms with van der Waals surface area (Å²) in [5, 5.41) is 10.9. The normalized spacial score (nSPS) is 11.4. The van der Waals surface area contributed by atoms with E-state index in [4.69, 9.17) is 9.15 Å². The minimum Gasteiger partial charge on any atom is -0.493 e. The van der Waals surface area contributed by atoms with Crippen molar-refractivity contribution < 1.29 is 13.9 Å². The molecule has 0 aliphatic carbocycles. The van der Waals surface area contributed by atoms with Crippen LogP contribution < -0.4 is 10.2 Å². The number of ether oxygens (including phenoxy) is 1. The number of hydrogen-bond donors (Lipinski definition) is 2. The number of carbonyl (C=O) groups is 1. The van der Waals surface area contributed by atoms with Crippen molar-refractivity contribution in [3.05, 3.63) is 60.2 Å². The first-order valence-corrected chi connectivity index (χ1v) is 7.85. The summed E-state index contributed by atoms with van der Waals surface area (Å²) in [5.74, 6) is 0.921. The number of rotatable bonds is 6. The van der Waals surface area contributed by atoms with Gasteiger partial charge in [-0.3, -0.25) is 9.89 Å². The van der Waals surface area contributed by atoms with E-state index in [1.807, 2.05) is 31.2 Å². The van der Waals surface area contributed by atoms with Crippen molar-refractivity contribution in [2.45, 2.75) is 13.8 Å². The lowest BCUT2D eigenvalue weighted by molar-refractivity contribution is 0.0950. The van der Waals surface area contributed by atoms with E-state index in [0.29, 0.717) is 29.5 Å². The zero-order valence-electron chi connectivity index (χ0n) is 13.9. The molecule has 0 bridgehead atoms. The van der Waals surface area contributed by atoms with E-state index < -0.39 is 5.91 Å². The molecule has 128 valence electrons. The SMILES string of the molecule is CCOc1ccccc1-c1cc(C(=O)NN=C(C)c2ccco2)[nH]n1. The van der Waals surface area contributed by atoms with Gasteiger partial charge in [0.1, 0.15) is 22.9 Å². The predicted octanol–water partition coefficient (Wildman–Crippen LogP) is 3.22. The van der Waals surface area contributed by atoms with Gasteiger partial charge in [0.2, 0.25) is 0 Å². The zero-order valence-corrected chi connectivity index (χ0v) is 13.9. The summed E-state index contributed by atoms with van der Waals surface area (Å²) in [4.78, 5) is 12.2. The summed E-state index contributed by atoms with van der Waals surface area (Å²) in [7, 11) is 0. The lowest BCUT2D eigenvalue weighted by atomic mass is 10.1. The van der Waals surface area contributed by atoms with Gasteiger partial charge in [0, 0.05) is 5.56 Å². The van der Waals surface area contributed by atoms with Crippen molar-refractivity contribution in [2.75, 3.05) is 6.61 Å². The first-order valence-electron chi connectivity index (χ1n) is 7.85. The van der Waals surface area contributed by atoms with Crippen molar-refractivity contribution in [3.8, 4) is 17.0 Å². The van der Waals surface area contributed by atoms with Crippen molar-refractivity contribution in [3.63, 3.8) is 0 Å². The molecular formula is C18H18N4O3. The van der Waals surface area contributed by atoms with Crippen molar-refractivity contribution in [1.82, 2.24) is 15.6 Å². The van der Waals surface area contributed by atoms with E-state index in [-0.39, 0.29) is 0 Å². The summed E-state index contributed by atoms with van der Waals surface area (Å²) in [6.07, 6.45) is 1.55. The van der Waals surface area contributed by atoms with Crippen LogP contribution >= 0.6 is 0 Å². The number of para-hydroxylation sites is 1. The van der Waals surface area contributed by atoms with Gasteiger partial charge >= 0.3 is 0 Å². The van der Waals surface area contributed by atoms with Gasteiger partial charge in [-0.1, -0.05) is 12.1 Å². The van der Waals surface area contributed by atoms with Gasteiger partial charge in [0.25, 0.3) is 5.91 Å². The Hall–Kier alpha value is -3.35. The molecule has 7 heteroatoms. The third-order valence-corrected chi connectivity index (χ3v) is 3.49. The van der Waals surface area contributed by atoms with Crippen LogP contribution in [0.25, 0.3) is 11.3 Å². The number of hydrazone groups is 1. The van der Waals surface area contributed by atoms with Crippen LogP contribution in [0.4, 0.5) is 0 Å². The highest BCUT2D eigenvalue weighted by Crippen LogP contribution is 2.28. The second-order valence-corrected chi connectivity index (χ2v) is 5.21. The maximum atomic E-state index is 12.2. The highest BCUT2D eigenvalue weighted by Gasteiger charge is 2.13. The van der Waals surface area contributed by atoms with Crippen molar-refractivity contribution in [2.24, 2.45) is 5.10 Å². The van der Waals surface area contributed by atoms with Gasteiger partial charge in [-0.15, -0.1) is 0 Å². The summed E-state index contributed by atoms with van der Waals surface area (Å²) < 4.78 is 10.8. The molecule has 0 saturated carbocycles. The average molecular weight is 338 g/mol. The number of aromatic amines is 1. The molecule has 0 aliphatic rings. The summed E-state index contributed by atoms with van der Waals surface area (Å²) in [5.41, 5.74) is 4.79. The summed E-state index contributed by atoms with van der Waals surface area (Å²) in [6, 6.07) is 12.7. The molecule has 7 nitrogen and oxygen atoms in total. The van der Waals surface area contributed by atoms with Crippen molar-refractivity contribution in [1.29, 1.82) is 0 Å². The Kier molecular flexibility index (Phi) is 4.94. The second-order valence-electron chi connectivity index (χ2n) is 5.21. The quantitative estimate of drug-likeness (QED) is 0.533. The standard InChI is InChI=1S/C18H18N4O3/c1-3-24-17-8-5-4-7-13(17)14-11-15(21-20-14)18(23)22-19-12(2)16-9-6-10-25-16/h4-11H,3H2,1-2H3,(H,20,21)(H,22,23). The number of benzene rings is 1. The maximum Gasteiger partial charge on any atom is 0.289 e. The van der Waals surface area contributed by atoms with Crippen LogP contribution in [0.5, 0.6) is 5.75 Å². The third kappa shape index (κ3) is 3.77. The molecule has 0 aliphatic heterocycles. The molecule has 25 heavy (non-hydrogen) atoms. The molecule has 3 rings (SSSR count). The Balaban J connectivity index is 1.75. The first-order chi connectivity index (χ1) is 12.2. The fourth-order valence-electron chi connectivity index (χ4n) is 2.27. The Morgan fingerprint density at radius 1 is 1.32 bits per heavy atom. The first kappa shape index (κ1) is 16.5. The number of carbonyl (C=O) groups excluding carboxylic acids is 1. The molecule has 1 aromatic carbocycles. The molecule has 0 spiro atoms. The van der Waals surface area contributed by atoms with E-state index in [2.05, 4.69) is 20.7 Å². The van der Waals surface area contributed by atoms with Gasteiger partial charge < -0.3 is 9.15 Å². The predicted molar refractivity (Wildman–Crippen MR) is 93.6 cm³/mol. The van der Waals surface area contributed by atoms with Gasteiger partial charge in [-0.2, -0.15) is 10.2 Å². The van der Waals surface area contributed by atoms with Crippen LogP contribution in [0.1, 0.15) is 30.1 Å². The van der Waals surface area contributed by atoms with E-state index in [9.17, 15) is 4.79 Å². The van der Waals surface area contributed by atoms with E-state index in [1.54, 1.807) is 31.4 Å². The van der Waals surface area contributed by atoms with Gasteiger partial charge in [0.05, 0.1) is 18.6 Å². The Bertz CT molecular complexity index is 881. The molecule has 0 radical (unpaired) electrons. The third-order valence-electron chi connectivity index (χ3n) is 3.49. The minimum atomic E-state index is -0.390. The van der Waals surface area contributed by atoms with Crippen LogP contribution in [-0.4, -0.2) is 28.4 Å².